The summed E-state index contributed by atoms with van der Waals surface area (Å²) in [5.41, 5.74) is 14.5. The van der Waals surface area contributed by atoms with E-state index in [-0.39, 0.29) is 56.4 Å². The molecular weight excluding hydrogens is 671 g/mol. The van der Waals surface area contributed by atoms with E-state index in [1.54, 1.807) is 26.9 Å². The summed E-state index contributed by atoms with van der Waals surface area (Å²) < 4.78 is 0. The Balaban J connectivity index is 0.00000147. The maximum Gasteiger partial charge on any atom is 3.00 e. The molecule has 1 radical (unpaired) electrons. The van der Waals surface area contributed by atoms with Crippen molar-refractivity contribution in [1.82, 2.24) is 0 Å². The maximum atomic E-state index is 2.61. The molecule has 0 N–H and O–H groups in total. The Morgan fingerprint density at radius 3 is 2.05 bits per heavy atom. The minimum atomic E-state index is -1.94. The molecule has 223 valence electrons. The SMILES string of the molecule is CC1=Cc2c(-c3ccc(C(C)(C)C)cc3)cccc2C1c1cc2[cH-]c(C(C)C)c3c2c(-c2ccccc2)c1[Si]3(C)C.[Cl-].[Cl-].[Zr+3]. The van der Waals surface area contributed by atoms with E-state index in [1.807, 2.05) is 0 Å². The topological polar surface area (TPSA) is 0 Å². The number of rotatable bonds is 4. The van der Waals surface area contributed by atoms with Crippen LogP contribution in [0.3, 0.4) is 0 Å². The van der Waals surface area contributed by atoms with E-state index in [2.05, 4.69) is 146 Å². The molecule has 5 aromatic carbocycles. The molecule has 1 atom stereocenters. The van der Waals surface area contributed by atoms with Crippen molar-refractivity contribution in [2.75, 3.05) is 0 Å². The van der Waals surface area contributed by atoms with Crippen LogP contribution >= 0.6 is 0 Å². The average molecular weight is 712 g/mol. The largest absolute Gasteiger partial charge is 3.00 e. The fourth-order valence-corrected chi connectivity index (χ4v) is 12.0. The number of allylic oxidation sites excluding steroid dienone is 1. The van der Waals surface area contributed by atoms with Crippen LogP contribution < -0.4 is 35.2 Å². The van der Waals surface area contributed by atoms with Crippen LogP contribution in [0.2, 0.25) is 13.1 Å². The smallest absolute Gasteiger partial charge is 1.00 e. The van der Waals surface area contributed by atoms with Gasteiger partial charge in [0.2, 0.25) is 0 Å². The second-order valence-electron chi connectivity index (χ2n) is 14.3. The van der Waals surface area contributed by atoms with Gasteiger partial charge in [-0.05, 0) is 51.6 Å². The Labute approximate surface area is 296 Å². The predicted molar refractivity (Wildman–Crippen MR) is 182 cm³/mol. The Hall–Kier alpha value is -2.09. The van der Waals surface area contributed by atoms with Gasteiger partial charge in [-0.1, -0.05) is 148 Å². The molecule has 0 saturated carbocycles. The fraction of sp³-hybridized carbons (Fsp3) is 0.275. The Morgan fingerprint density at radius 2 is 1.43 bits per heavy atom. The molecule has 4 heteroatoms. The molecule has 1 aliphatic heterocycles. The normalized spacial score (nSPS) is 15.9. The molecule has 2 bridgehead atoms. The van der Waals surface area contributed by atoms with Gasteiger partial charge < -0.3 is 24.8 Å². The van der Waals surface area contributed by atoms with Gasteiger partial charge >= 0.3 is 26.2 Å². The number of fused-ring (bicyclic) bond motifs is 2. The third kappa shape index (κ3) is 5.19. The van der Waals surface area contributed by atoms with Gasteiger partial charge in [0.25, 0.3) is 0 Å². The van der Waals surface area contributed by atoms with E-state index in [0.29, 0.717) is 11.8 Å². The average Bonchev–Trinajstić information content (AvgIpc) is 3.55. The predicted octanol–water partition coefficient (Wildman–Crippen LogP) is 4.00. The van der Waals surface area contributed by atoms with Gasteiger partial charge in [-0.15, -0.1) is 33.7 Å². The summed E-state index contributed by atoms with van der Waals surface area (Å²) in [6.45, 7) is 19.2. The number of benzene rings is 4. The second kappa shape index (κ2) is 12.3. The molecule has 0 fully saturated rings. The first kappa shape index (κ1) is 34.8. The van der Waals surface area contributed by atoms with Crippen molar-refractivity contribution in [3.05, 3.63) is 118 Å². The van der Waals surface area contributed by atoms with E-state index in [1.165, 1.54) is 49.9 Å². The van der Waals surface area contributed by atoms with E-state index in [0.717, 1.165) is 0 Å². The first-order valence-corrected chi connectivity index (χ1v) is 18.3. The van der Waals surface area contributed by atoms with Gasteiger partial charge in [-0.3, -0.25) is 0 Å². The Kier molecular flexibility index (Phi) is 9.69. The van der Waals surface area contributed by atoms with Gasteiger partial charge in [0.1, 0.15) is 0 Å². The monoisotopic (exact) mass is 709 g/mol. The molecule has 7 rings (SSSR count). The summed E-state index contributed by atoms with van der Waals surface area (Å²) in [6, 6.07) is 32.6. The number of hydrogen-bond donors (Lipinski definition) is 0. The second-order valence-corrected chi connectivity index (χ2v) is 18.5. The van der Waals surface area contributed by atoms with Crippen molar-refractivity contribution < 1.29 is 51.0 Å². The summed E-state index contributed by atoms with van der Waals surface area (Å²) in [6.07, 6.45) is 2.48. The Morgan fingerprint density at radius 1 is 0.773 bits per heavy atom. The molecule has 0 aromatic heterocycles. The van der Waals surface area contributed by atoms with Gasteiger partial charge in [0.15, 0.2) is 0 Å². The zero-order valence-electron chi connectivity index (χ0n) is 27.1. The van der Waals surface area contributed by atoms with E-state index < -0.39 is 8.07 Å². The molecule has 44 heavy (non-hydrogen) atoms. The molecule has 1 unspecified atom stereocenters. The first-order chi connectivity index (χ1) is 19.5. The molecule has 5 aromatic rings. The van der Waals surface area contributed by atoms with Crippen LogP contribution in [0.25, 0.3) is 39.1 Å². The van der Waals surface area contributed by atoms with Crippen molar-refractivity contribution in [3.63, 3.8) is 0 Å². The van der Waals surface area contributed by atoms with Gasteiger partial charge in [-0.25, -0.2) is 0 Å². The maximum absolute atomic E-state index is 2.61. The quantitative estimate of drug-likeness (QED) is 0.196. The molecular formula is C40H41Cl2SiZr. The van der Waals surface area contributed by atoms with Gasteiger partial charge in [0, 0.05) is 5.92 Å². The van der Waals surface area contributed by atoms with Crippen LogP contribution in [-0.2, 0) is 31.6 Å². The summed E-state index contributed by atoms with van der Waals surface area (Å²) in [5.74, 6) is 0.834. The molecule has 0 saturated heterocycles. The van der Waals surface area contributed by atoms with Crippen molar-refractivity contribution in [3.8, 4) is 22.3 Å². The van der Waals surface area contributed by atoms with Crippen molar-refractivity contribution in [2.45, 2.75) is 71.9 Å². The molecule has 0 nitrogen and oxygen atoms in total. The minimum absolute atomic E-state index is 0. The fourth-order valence-electron chi connectivity index (χ4n) is 7.91. The van der Waals surface area contributed by atoms with Crippen LogP contribution in [0, 0.1) is 0 Å². The van der Waals surface area contributed by atoms with Crippen LogP contribution in [-0.4, -0.2) is 8.07 Å². The summed E-state index contributed by atoms with van der Waals surface area (Å²) >= 11 is 0. The van der Waals surface area contributed by atoms with E-state index in [9.17, 15) is 0 Å². The number of hydrogen-bond acceptors (Lipinski definition) is 0. The zero-order chi connectivity index (χ0) is 28.8. The van der Waals surface area contributed by atoms with Crippen LogP contribution in [0.4, 0.5) is 0 Å². The summed E-state index contributed by atoms with van der Waals surface area (Å²) in [5, 5.41) is 6.33. The molecule has 0 spiro atoms. The number of halogens is 2. The molecule has 2 aliphatic rings. The zero-order valence-corrected chi connectivity index (χ0v) is 32.0. The minimum Gasteiger partial charge on any atom is -1.00 e. The Bertz CT molecular complexity index is 1870. The molecule has 1 heterocycles. The third-order valence-corrected chi connectivity index (χ3v) is 13.4. The van der Waals surface area contributed by atoms with Crippen molar-refractivity contribution in [1.29, 1.82) is 0 Å². The molecule has 0 amide bonds. The van der Waals surface area contributed by atoms with Gasteiger partial charge in [0.05, 0.1) is 8.07 Å². The first-order valence-electron chi connectivity index (χ1n) is 15.3. The third-order valence-electron chi connectivity index (χ3n) is 9.82. The van der Waals surface area contributed by atoms with E-state index in [4.69, 9.17) is 0 Å². The summed E-state index contributed by atoms with van der Waals surface area (Å²) in [7, 11) is -1.94. The summed E-state index contributed by atoms with van der Waals surface area (Å²) in [4.78, 5) is 0. The van der Waals surface area contributed by atoms with Crippen LogP contribution in [0.15, 0.2) is 90.5 Å². The molecule has 1 aliphatic carbocycles. The van der Waals surface area contributed by atoms with Gasteiger partial charge in [-0.2, -0.15) is 0 Å². The van der Waals surface area contributed by atoms with Crippen molar-refractivity contribution >= 4 is 35.3 Å². The van der Waals surface area contributed by atoms with E-state index >= 15 is 0 Å². The van der Waals surface area contributed by atoms with Crippen molar-refractivity contribution in [2.24, 2.45) is 0 Å². The standard InChI is InChI=1S/C40H41Si.2ClH.Zr/c1-24(2)32-22-28-23-34(39-36(27-13-10-9-11-14-27)37(28)38(32)41(39,7)8)35-25(3)21-33-30(15-12-16-31(33)35)26-17-19-29(20-18-26)40(4,5)6;;;/h9-24,35H,1-8H3;2*1H;/q-1;;;+3/p-2. The van der Waals surface area contributed by atoms with Crippen LogP contribution in [0.5, 0.6) is 0 Å². The van der Waals surface area contributed by atoms with Crippen LogP contribution in [0.1, 0.15) is 81.2 Å².